The third-order valence-corrected chi connectivity index (χ3v) is 5.12. The van der Waals surface area contributed by atoms with Crippen molar-refractivity contribution in [3.8, 4) is 0 Å². The van der Waals surface area contributed by atoms with Gasteiger partial charge in [0.15, 0.2) is 0 Å². The molecule has 1 saturated heterocycles. The summed E-state index contributed by atoms with van der Waals surface area (Å²) in [5, 5.41) is 2.92. The Balaban J connectivity index is 2.24. The minimum absolute atomic E-state index is 0.0519. The van der Waals surface area contributed by atoms with Crippen LogP contribution in [0.2, 0.25) is 0 Å². The van der Waals surface area contributed by atoms with Crippen LogP contribution in [0.15, 0.2) is 0 Å². The molecule has 1 aliphatic carbocycles. The van der Waals surface area contributed by atoms with E-state index in [-0.39, 0.29) is 11.8 Å². The molecular weight excluding hydrogens is 260 g/mol. The lowest BCUT2D eigenvalue weighted by atomic mass is 9.85. The summed E-state index contributed by atoms with van der Waals surface area (Å²) in [6.07, 6.45) is 3.71. The van der Waals surface area contributed by atoms with Gasteiger partial charge in [-0.3, -0.25) is 9.59 Å². The molecule has 4 nitrogen and oxygen atoms in total. The van der Waals surface area contributed by atoms with E-state index in [0.717, 1.165) is 37.2 Å². The van der Waals surface area contributed by atoms with Crippen LogP contribution in [0.1, 0.15) is 46.5 Å². The van der Waals surface area contributed by atoms with E-state index in [2.05, 4.69) is 12.2 Å². The Morgan fingerprint density at radius 1 is 1.26 bits per heavy atom. The van der Waals surface area contributed by atoms with Gasteiger partial charge in [-0.15, -0.1) is 0 Å². The zero-order valence-electron chi connectivity index (χ0n) is 12.1. The van der Waals surface area contributed by atoms with Gasteiger partial charge in [-0.1, -0.05) is 19.8 Å². The molecule has 19 heavy (non-hydrogen) atoms. The fraction of sp³-hybridized carbons (Fsp3) is 0.857. The topological polar surface area (TPSA) is 49.4 Å². The zero-order chi connectivity index (χ0) is 14.1. The van der Waals surface area contributed by atoms with Gasteiger partial charge in [0.05, 0.1) is 0 Å². The molecule has 2 rings (SSSR count). The molecule has 1 heterocycles. The average Bonchev–Trinajstić information content (AvgIpc) is 2.82. The lowest BCUT2D eigenvalue weighted by Gasteiger charge is -2.49. The average molecular weight is 284 g/mol. The van der Waals surface area contributed by atoms with Gasteiger partial charge in [0, 0.05) is 12.3 Å². The minimum Gasteiger partial charge on any atom is -0.340 e. The quantitative estimate of drug-likeness (QED) is 0.801. The molecule has 0 aromatic rings. The number of nitrogens with zero attached hydrogens (tertiary/aromatic N) is 1. The predicted octanol–water partition coefficient (Wildman–Crippen LogP) is 1.79. The molecule has 1 spiro atoms. The molecular formula is C14H24N2O2S. The summed E-state index contributed by atoms with van der Waals surface area (Å²) in [4.78, 5) is 27.0. The fourth-order valence-corrected chi connectivity index (χ4v) is 3.78. The van der Waals surface area contributed by atoms with Crippen LogP contribution in [0.4, 0.5) is 0 Å². The summed E-state index contributed by atoms with van der Waals surface area (Å²) in [6.45, 7) is 6.41. The Bertz CT molecular complexity index is 376. The van der Waals surface area contributed by atoms with Crippen molar-refractivity contribution in [1.29, 1.82) is 0 Å². The van der Waals surface area contributed by atoms with E-state index in [1.165, 1.54) is 0 Å². The number of amides is 2. The van der Waals surface area contributed by atoms with E-state index in [0.29, 0.717) is 6.54 Å². The SMILES string of the molecule is CCSCCN1C(=O)C(C)(C)NC(=O)C12CCCC2. The number of carbonyl (C=O) groups is 2. The Morgan fingerprint density at radius 3 is 2.47 bits per heavy atom. The van der Waals surface area contributed by atoms with Gasteiger partial charge >= 0.3 is 0 Å². The number of thioether (sulfide) groups is 1. The van der Waals surface area contributed by atoms with Crippen molar-refractivity contribution in [2.24, 2.45) is 0 Å². The molecule has 0 unspecified atom stereocenters. The number of hydrogen-bond acceptors (Lipinski definition) is 3. The molecule has 1 aliphatic heterocycles. The van der Waals surface area contributed by atoms with Crippen LogP contribution in [0.3, 0.4) is 0 Å². The van der Waals surface area contributed by atoms with Crippen molar-refractivity contribution in [2.75, 3.05) is 18.1 Å². The van der Waals surface area contributed by atoms with E-state index in [1.807, 2.05) is 16.7 Å². The monoisotopic (exact) mass is 284 g/mol. The van der Waals surface area contributed by atoms with Crippen molar-refractivity contribution in [2.45, 2.75) is 57.5 Å². The largest absolute Gasteiger partial charge is 0.340 e. The number of piperazine rings is 1. The van der Waals surface area contributed by atoms with Crippen LogP contribution in [0.5, 0.6) is 0 Å². The molecule has 0 aromatic carbocycles. The number of carbonyl (C=O) groups excluding carboxylic acids is 2. The fourth-order valence-electron chi connectivity index (χ4n) is 3.18. The summed E-state index contributed by atoms with van der Waals surface area (Å²) in [5.41, 5.74) is -1.32. The van der Waals surface area contributed by atoms with Crippen LogP contribution in [-0.2, 0) is 9.59 Å². The van der Waals surface area contributed by atoms with E-state index in [1.54, 1.807) is 13.8 Å². The molecule has 2 amide bonds. The third-order valence-electron chi connectivity index (χ3n) is 4.24. The Labute approximate surface area is 119 Å². The van der Waals surface area contributed by atoms with Crippen molar-refractivity contribution in [1.82, 2.24) is 10.2 Å². The second-order valence-electron chi connectivity index (χ2n) is 5.97. The maximum atomic E-state index is 12.6. The van der Waals surface area contributed by atoms with Gasteiger partial charge in [0.2, 0.25) is 11.8 Å². The molecule has 1 N–H and O–H groups in total. The Kier molecular flexibility index (Phi) is 4.14. The van der Waals surface area contributed by atoms with Crippen LogP contribution >= 0.6 is 11.8 Å². The first-order valence-electron chi connectivity index (χ1n) is 7.16. The van der Waals surface area contributed by atoms with Crippen LogP contribution in [0.25, 0.3) is 0 Å². The lowest BCUT2D eigenvalue weighted by Crippen LogP contribution is -2.73. The van der Waals surface area contributed by atoms with E-state index in [4.69, 9.17) is 0 Å². The molecule has 108 valence electrons. The number of hydrogen-bond donors (Lipinski definition) is 1. The molecule has 5 heteroatoms. The molecule has 0 bridgehead atoms. The second kappa shape index (κ2) is 5.35. The first-order chi connectivity index (χ1) is 8.94. The zero-order valence-corrected chi connectivity index (χ0v) is 12.9. The summed E-state index contributed by atoms with van der Waals surface area (Å²) in [7, 11) is 0. The maximum Gasteiger partial charge on any atom is 0.248 e. The highest BCUT2D eigenvalue weighted by molar-refractivity contribution is 7.99. The second-order valence-corrected chi connectivity index (χ2v) is 7.37. The highest BCUT2D eigenvalue weighted by atomic mass is 32.2. The molecule has 0 radical (unpaired) electrons. The Morgan fingerprint density at radius 2 is 1.89 bits per heavy atom. The van der Waals surface area contributed by atoms with E-state index >= 15 is 0 Å². The highest BCUT2D eigenvalue weighted by Crippen LogP contribution is 2.39. The number of rotatable bonds is 4. The summed E-state index contributed by atoms with van der Waals surface area (Å²) < 4.78 is 0. The highest BCUT2D eigenvalue weighted by Gasteiger charge is 2.55. The van der Waals surface area contributed by atoms with Crippen LogP contribution in [-0.4, -0.2) is 45.8 Å². The van der Waals surface area contributed by atoms with Crippen molar-refractivity contribution < 1.29 is 9.59 Å². The summed E-state index contributed by atoms with van der Waals surface area (Å²) >= 11 is 1.82. The maximum absolute atomic E-state index is 12.6. The number of nitrogens with one attached hydrogen (secondary N) is 1. The van der Waals surface area contributed by atoms with Crippen molar-refractivity contribution in [3.05, 3.63) is 0 Å². The smallest absolute Gasteiger partial charge is 0.248 e. The first-order valence-corrected chi connectivity index (χ1v) is 8.32. The third kappa shape index (κ3) is 2.49. The van der Waals surface area contributed by atoms with Gasteiger partial charge in [0.25, 0.3) is 0 Å². The molecule has 2 aliphatic rings. The van der Waals surface area contributed by atoms with E-state index in [9.17, 15) is 9.59 Å². The summed E-state index contributed by atoms with van der Waals surface area (Å²) in [5.74, 6) is 2.08. The van der Waals surface area contributed by atoms with Gasteiger partial charge in [-0.05, 0) is 32.4 Å². The van der Waals surface area contributed by atoms with Gasteiger partial charge in [-0.25, -0.2) is 0 Å². The molecule has 2 fully saturated rings. The normalized spacial score (nSPS) is 24.9. The van der Waals surface area contributed by atoms with Crippen molar-refractivity contribution in [3.63, 3.8) is 0 Å². The lowest BCUT2D eigenvalue weighted by molar-refractivity contribution is -0.161. The predicted molar refractivity (Wildman–Crippen MR) is 78.1 cm³/mol. The first kappa shape index (κ1) is 14.7. The van der Waals surface area contributed by atoms with Gasteiger partial charge in [-0.2, -0.15) is 11.8 Å². The van der Waals surface area contributed by atoms with E-state index < -0.39 is 11.1 Å². The van der Waals surface area contributed by atoms with Crippen LogP contribution < -0.4 is 5.32 Å². The molecule has 0 aromatic heterocycles. The van der Waals surface area contributed by atoms with Gasteiger partial charge in [0.1, 0.15) is 11.1 Å². The Hall–Kier alpha value is -0.710. The standard InChI is InChI=1S/C14H24N2O2S/c1-4-19-10-9-16-12(18)13(2,3)15-11(17)14(16)7-5-6-8-14/h4-10H2,1-3H3,(H,15,17). The van der Waals surface area contributed by atoms with Crippen molar-refractivity contribution >= 4 is 23.6 Å². The molecule has 0 atom stereocenters. The minimum atomic E-state index is -0.762. The van der Waals surface area contributed by atoms with Gasteiger partial charge < -0.3 is 10.2 Å². The van der Waals surface area contributed by atoms with Crippen LogP contribution in [0, 0.1) is 0 Å². The summed E-state index contributed by atoms with van der Waals surface area (Å²) in [6, 6.07) is 0. The molecule has 1 saturated carbocycles.